The number of aryl methyl sites for hydroxylation is 1. The summed E-state index contributed by atoms with van der Waals surface area (Å²) in [6.45, 7) is 2.96. The van der Waals surface area contributed by atoms with E-state index in [0.717, 1.165) is 38.6 Å². The second-order valence-electron chi connectivity index (χ2n) is 6.94. The SMILES string of the molecule is CC(=O)NC(C(=O)NCCCn1ccc2ccccc21)C1CCCC1. The number of hydrogen-bond donors (Lipinski definition) is 2. The summed E-state index contributed by atoms with van der Waals surface area (Å²) in [7, 11) is 0. The highest BCUT2D eigenvalue weighted by atomic mass is 16.2. The molecule has 0 spiro atoms. The van der Waals surface area contributed by atoms with E-state index >= 15 is 0 Å². The molecule has 1 fully saturated rings. The number of nitrogens with one attached hydrogen (secondary N) is 2. The first-order valence-corrected chi connectivity index (χ1v) is 9.24. The van der Waals surface area contributed by atoms with Crippen LogP contribution in [0.1, 0.15) is 39.0 Å². The molecule has 1 atom stereocenters. The van der Waals surface area contributed by atoms with Crippen molar-refractivity contribution < 1.29 is 9.59 Å². The van der Waals surface area contributed by atoms with Gasteiger partial charge in [0.25, 0.3) is 0 Å². The largest absolute Gasteiger partial charge is 0.354 e. The molecule has 134 valence electrons. The third-order valence-electron chi connectivity index (χ3n) is 5.07. The van der Waals surface area contributed by atoms with Crippen molar-refractivity contribution in [3.8, 4) is 0 Å². The highest BCUT2D eigenvalue weighted by Crippen LogP contribution is 2.27. The maximum Gasteiger partial charge on any atom is 0.242 e. The van der Waals surface area contributed by atoms with Crippen molar-refractivity contribution in [3.63, 3.8) is 0 Å². The van der Waals surface area contributed by atoms with Crippen LogP contribution in [0.15, 0.2) is 36.5 Å². The zero-order chi connectivity index (χ0) is 17.6. The number of fused-ring (bicyclic) bond motifs is 1. The standard InChI is InChI=1S/C20H27N3O2/c1-15(24)22-19(17-8-2-3-9-17)20(25)21-12-6-13-23-14-11-16-7-4-5-10-18(16)23/h4-5,7,10-11,14,17,19H,2-3,6,8-9,12-13H2,1H3,(H,21,25)(H,22,24). The van der Waals surface area contributed by atoms with Gasteiger partial charge in [-0.25, -0.2) is 0 Å². The van der Waals surface area contributed by atoms with Crippen molar-refractivity contribution >= 4 is 22.7 Å². The Kier molecular flexibility index (Phi) is 5.74. The molecule has 2 aromatic rings. The Morgan fingerprint density at radius 1 is 1.20 bits per heavy atom. The number of rotatable bonds is 7. The molecule has 0 aliphatic heterocycles. The number of carbonyl (C=O) groups excluding carboxylic acids is 2. The predicted octanol–water partition coefficient (Wildman–Crippen LogP) is 2.84. The smallest absolute Gasteiger partial charge is 0.242 e. The van der Waals surface area contributed by atoms with Crippen LogP contribution in [0.5, 0.6) is 0 Å². The van der Waals surface area contributed by atoms with Crippen LogP contribution in [0.25, 0.3) is 10.9 Å². The van der Waals surface area contributed by atoms with Gasteiger partial charge in [0.2, 0.25) is 11.8 Å². The van der Waals surface area contributed by atoms with Crippen LogP contribution in [0, 0.1) is 5.92 Å². The summed E-state index contributed by atoms with van der Waals surface area (Å²) in [5.74, 6) is 0.0996. The number of aromatic nitrogens is 1. The molecule has 1 aromatic carbocycles. The summed E-state index contributed by atoms with van der Waals surface area (Å²) in [4.78, 5) is 23.9. The molecule has 2 amide bonds. The van der Waals surface area contributed by atoms with E-state index in [2.05, 4.69) is 39.6 Å². The summed E-state index contributed by atoms with van der Waals surface area (Å²) in [5, 5.41) is 7.09. The maximum atomic E-state index is 12.5. The van der Waals surface area contributed by atoms with Crippen molar-refractivity contribution in [2.24, 2.45) is 5.92 Å². The Labute approximate surface area is 148 Å². The molecule has 3 rings (SSSR count). The van der Waals surface area contributed by atoms with E-state index in [1.165, 1.54) is 17.8 Å². The third-order valence-corrected chi connectivity index (χ3v) is 5.07. The van der Waals surface area contributed by atoms with Gasteiger partial charge in [-0.1, -0.05) is 31.0 Å². The van der Waals surface area contributed by atoms with Crippen LogP contribution in [0.3, 0.4) is 0 Å². The van der Waals surface area contributed by atoms with Gasteiger partial charge in [0.1, 0.15) is 6.04 Å². The number of nitrogens with zero attached hydrogens (tertiary/aromatic N) is 1. The zero-order valence-electron chi connectivity index (χ0n) is 14.8. The molecule has 2 N–H and O–H groups in total. The fourth-order valence-corrected chi connectivity index (χ4v) is 3.81. The quantitative estimate of drug-likeness (QED) is 0.761. The molecule has 1 aromatic heterocycles. The molecular weight excluding hydrogens is 314 g/mol. The molecule has 25 heavy (non-hydrogen) atoms. The van der Waals surface area contributed by atoms with Crippen LogP contribution >= 0.6 is 0 Å². The Hall–Kier alpha value is -2.30. The predicted molar refractivity (Wildman–Crippen MR) is 99.1 cm³/mol. The van der Waals surface area contributed by atoms with Crippen molar-refractivity contribution in [1.82, 2.24) is 15.2 Å². The first-order chi connectivity index (χ1) is 12.1. The lowest BCUT2D eigenvalue weighted by molar-refractivity contribution is -0.129. The average molecular weight is 341 g/mol. The van der Waals surface area contributed by atoms with Gasteiger partial charge in [-0.05, 0) is 42.7 Å². The monoisotopic (exact) mass is 341 g/mol. The van der Waals surface area contributed by atoms with Gasteiger partial charge >= 0.3 is 0 Å². The lowest BCUT2D eigenvalue weighted by Gasteiger charge is -2.23. The fourth-order valence-electron chi connectivity index (χ4n) is 3.81. The van der Waals surface area contributed by atoms with Gasteiger partial charge < -0.3 is 15.2 Å². The molecule has 1 heterocycles. The van der Waals surface area contributed by atoms with Gasteiger partial charge in [0.05, 0.1) is 0 Å². The number of para-hydroxylation sites is 1. The molecule has 0 bridgehead atoms. The van der Waals surface area contributed by atoms with E-state index in [4.69, 9.17) is 0 Å². The summed E-state index contributed by atoms with van der Waals surface area (Å²) in [5.41, 5.74) is 1.22. The molecule has 1 aliphatic carbocycles. The van der Waals surface area contributed by atoms with Crippen molar-refractivity contribution in [1.29, 1.82) is 0 Å². The van der Waals surface area contributed by atoms with Gasteiger partial charge in [-0.3, -0.25) is 9.59 Å². The van der Waals surface area contributed by atoms with Gasteiger partial charge in [-0.15, -0.1) is 0 Å². The maximum absolute atomic E-state index is 12.5. The Balaban J connectivity index is 1.49. The normalized spacial score (nSPS) is 16.0. The summed E-state index contributed by atoms with van der Waals surface area (Å²) in [6, 6.07) is 10.0. The lowest BCUT2D eigenvalue weighted by Crippen LogP contribution is -2.50. The molecule has 0 saturated heterocycles. The fraction of sp³-hybridized carbons (Fsp3) is 0.500. The van der Waals surface area contributed by atoms with E-state index < -0.39 is 0 Å². The Bertz CT molecular complexity index is 731. The first kappa shape index (κ1) is 17.5. The minimum atomic E-state index is -0.382. The lowest BCUT2D eigenvalue weighted by atomic mass is 9.97. The molecule has 5 heteroatoms. The van der Waals surface area contributed by atoms with Crippen LogP contribution < -0.4 is 10.6 Å². The minimum absolute atomic E-state index is 0.0422. The third kappa shape index (κ3) is 4.41. The van der Waals surface area contributed by atoms with E-state index in [9.17, 15) is 9.59 Å². The average Bonchev–Trinajstić information content (AvgIpc) is 3.26. The minimum Gasteiger partial charge on any atom is -0.354 e. The summed E-state index contributed by atoms with van der Waals surface area (Å²) < 4.78 is 2.21. The van der Waals surface area contributed by atoms with Crippen LogP contribution in [0.4, 0.5) is 0 Å². The van der Waals surface area contributed by atoms with Crippen molar-refractivity contribution in [2.75, 3.05) is 6.54 Å². The second kappa shape index (κ2) is 8.19. The molecule has 5 nitrogen and oxygen atoms in total. The highest BCUT2D eigenvalue weighted by Gasteiger charge is 2.30. The van der Waals surface area contributed by atoms with E-state index in [1.54, 1.807) is 0 Å². The summed E-state index contributed by atoms with van der Waals surface area (Å²) in [6.07, 6.45) is 7.29. The molecular formula is C20H27N3O2. The van der Waals surface area contributed by atoms with Crippen molar-refractivity contribution in [3.05, 3.63) is 36.5 Å². The van der Waals surface area contributed by atoms with E-state index in [1.807, 2.05) is 12.1 Å². The molecule has 1 aliphatic rings. The number of carbonyl (C=O) groups is 2. The van der Waals surface area contributed by atoms with Crippen LogP contribution in [0.2, 0.25) is 0 Å². The Morgan fingerprint density at radius 3 is 2.72 bits per heavy atom. The highest BCUT2D eigenvalue weighted by molar-refractivity contribution is 5.87. The van der Waals surface area contributed by atoms with Crippen LogP contribution in [-0.4, -0.2) is 29.0 Å². The topological polar surface area (TPSA) is 63.1 Å². The number of amides is 2. The van der Waals surface area contributed by atoms with E-state index in [-0.39, 0.29) is 23.8 Å². The molecule has 1 saturated carbocycles. The summed E-state index contributed by atoms with van der Waals surface area (Å²) >= 11 is 0. The van der Waals surface area contributed by atoms with Crippen molar-refractivity contribution in [2.45, 2.75) is 51.6 Å². The number of hydrogen-bond acceptors (Lipinski definition) is 2. The second-order valence-corrected chi connectivity index (χ2v) is 6.94. The van der Waals surface area contributed by atoms with Gasteiger partial charge in [0, 0.05) is 31.7 Å². The molecule has 1 unspecified atom stereocenters. The Morgan fingerprint density at radius 2 is 1.96 bits per heavy atom. The molecule has 0 radical (unpaired) electrons. The van der Waals surface area contributed by atoms with Crippen LogP contribution in [-0.2, 0) is 16.1 Å². The first-order valence-electron chi connectivity index (χ1n) is 9.24. The number of benzene rings is 1. The zero-order valence-corrected chi connectivity index (χ0v) is 14.8. The van der Waals surface area contributed by atoms with E-state index in [0.29, 0.717) is 6.54 Å². The van der Waals surface area contributed by atoms with Gasteiger partial charge in [-0.2, -0.15) is 0 Å². The van der Waals surface area contributed by atoms with Gasteiger partial charge in [0.15, 0.2) is 0 Å².